The van der Waals surface area contributed by atoms with Crippen molar-refractivity contribution in [1.82, 2.24) is 14.4 Å². The number of aromatic nitrogens is 1. The zero-order valence-corrected chi connectivity index (χ0v) is 17.7. The van der Waals surface area contributed by atoms with Gasteiger partial charge in [0.2, 0.25) is 0 Å². The normalized spacial score (nSPS) is 24.9. The van der Waals surface area contributed by atoms with Crippen LogP contribution in [-0.4, -0.2) is 47.0 Å². The van der Waals surface area contributed by atoms with Crippen molar-refractivity contribution in [2.45, 2.75) is 32.4 Å². The van der Waals surface area contributed by atoms with E-state index in [-0.39, 0.29) is 35.7 Å². The van der Waals surface area contributed by atoms with Crippen LogP contribution in [0.15, 0.2) is 42.7 Å². The molecule has 0 unspecified atom stereocenters. The molecular weight excluding hydrogens is 377 g/mol. The van der Waals surface area contributed by atoms with Gasteiger partial charge in [-0.05, 0) is 57.5 Å². The summed E-state index contributed by atoms with van der Waals surface area (Å²) in [6, 6.07) is 8.98. The van der Waals surface area contributed by atoms with E-state index < -0.39 is 0 Å². The molecule has 2 saturated heterocycles. The summed E-state index contributed by atoms with van der Waals surface area (Å²) in [5.74, 6) is 0.703. The molecule has 3 atom stereocenters. The third-order valence-corrected chi connectivity index (χ3v) is 6.09. The quantitative estimate of drug-likeness (QED) is 0.749. The zero-order chi connectivity index (χ0) is 19.3. The summed E-state index contributed by atoms with van der Waals surface area (Å²) in [4.78, 5) is 17.3. The number of hydrogen-bond acceptors (Lipinski definition) is 2. The van der Waals surface area contributed by atoms with Crippen molar-refractivity contribution in [3.63, 3.8) is 0 Å². The molecule has 1 aromatic carbocycles. The molecule has 152 valence electrons. The number of carbonyl (C=O) groups excluding carboxylic acids is 1. The number of fused-ring (bicyclic) bond motifs is 1. The van der Waals surface area contributed by atoms with Crippen LogP contribution < -0.4 is 0 Å². The van der Waals surface area contributed by atoms with Crippen molar-refractivity contribution in [1.29, 1.82) is 0 Å². The number of hydrogen-bond donors (Lipinski definition) is 0. The number of halogens is 2. The summed E-state index contributed by atoms with van der Waals surface area (Å²) in [5, 5.41) is 0. The molecule has 0 radical (unpaired) electrons. The minimum atomic E-state index is -0.196. The van der Waals surface area contributed by atoms with Crippen molar-refractivity contribution in [3.05, 3.63) is 59.7 Å². The molecule has 1 aromatic heterocycles. The van der Waals surface area contributed by atoms with Crippen molar-refractivity contribution in [3.8, 4) is 0 Å². The van der Waals surface area contributed by atoms with Gasteiger partial charge in [0.05, 0.1) is 5.56 Å². The molecule has 0 N–H and O–H groups in total. The topological polar surface area (TPSA) is 28.5 Å². The first-order valence-corrected chi connectivity index (χ1v) is 9.67. The molecular formula is C22H29ClFN3O. The minimum Gasteiger partial charge on any atom is -0.348 e. The summed E-state index contributed by atoms with van der Waals surface area (Å²) >= 11 is 0. The second kappa shape index (κ2) is 7.53. The second-order valence-electron chi connectivity index (χ2n) is 9.05. The molecule has 28 heavy (non-hydrogen) atoms. The van der Waals surface area contributed by atoms with Crippen molar-refractivity contribution < 1.29 is 9.18 Å². The van der Waals surface area contributed by atoms with Crippen LogP contribution in [0, 0.1) is 17.7 Å². The molecule has 2 aromatic rings. The Balaban J connectivity index is 0.00000225. The fourth-order valence-corrected chi connectivity index (χ4v) is 4.74. The van der Waals surface area contributed by atoms with E-state index in [2.05, 4.69) is 37.3 Å². The van der Waals surface area contributed by atoms with Crippen LogP contribution in [0.2, 0.25) is 0 Å². The van der Waals surface area contributed by atoms with E-state index in [0.717, 1.165) is 30.8 Å². The molecule has 3 heterocycles. The Morgan fingerprint density at radius 1 is 1.14 bits per heavy atom. The summed E-state index contributed by atoms with van der Waals surface area (Å²) in [6.45, 7) is 8.83. The standard InChI is InChI=1S/C22H28FN3O.ClH/c1-22(2,3)26-9-8-16(13-26)21(27)25-12-17-11-24(4)20(19(17)14-25)15-6-5-7-18(23)10-15;/h5-10,13,17,19-20H,11-12,14H2,1-4H3;1H/t17-,19+,20-;/m0./s1. The van der Waals surface area contributed by atoms with Crippen LogP contribution in [0.25, 0.3) is 0 Å². The molecule has 0 spiro atoms. The lowest BCUT2D eigenvalue weighted by Gasteiger charge is -2.27. The van der Waals surface area contributed by atoms with E-state index in [0.29, 0.717) is 11.8 Å². The molecule has 6 heteroatoms. The molecule has 1 amide bonds. The number of rotatable bonds is 2. The van der Waals surface area contributed by atoms with E-state index in [1.165, 1.54) is 6.07 Å². The minimum absolute atomic E-state index is 0. The molecule has 4 rings (SSSR count). The first-order chi connectivity index (χ1) is 12.7. The summed E-state index contributed by atoms with van der Waals surface area (Å²) in [5.41, 5.74) is 1.73. The van der Waals surface area contributed by atoms with Crippen LogP contribution in [0.4, 0.5) is 4.39 Å². The Morgan fingerprint density at radius 2 is 1.89 bits per heavy atom. The van der Waals surface area contributed by atoms with Gasteiger partial charge in [-0.25, -0.2) is 4.39 Å². The van der Waals surface area contributed by atoms with Gasteiger partial charge < -0.3 is 9.47 Å². The lowest BCUT2D eigenvalue weighted by molar-refractivity contribution is 0.0767. The molecule has 2 aliphatic rings. The number of carbonyl (C=O) groups is 1. The maximum absolute atomic E-state index is 13.7. The third-order valence-electron chi connectivity index (χ3n) is 6.09. The second-order valence-corrected chi connectivity index (χ2v) is 9.05. The van der Waals surface area contributed by atoms with Crippen LogP contribution in [0.5, 0.6) is 0 Å². The Bertz CT molecular complexity index is 859. The van der Waals surface area contributed by atoms with Gasteiger partial charge in [0.15, 0.2) is 0 Å². The predicted octanol–water partition coefficient (Wildman–Crippen LogP) is 4.18. The van der Waals surface area contributed by atoms with E-state index in [1.54, 1.807) is 12.1 Å². The first-order valence-electron chi connectivity index (χ1n) is 9.67. The fourth-order valence-electron chi connectivity index (χ4n) is 4.74. The van der Waals surface area contributed by atoms with Crippen LogP contribution >= 0.6 is 12.4 Å². The van der Waals surface area contributed by atoms with Gasteiger partial charge in [-0.1, -0.05) is 12.1 Å². The van der Waals surface area contributed by atoms with Crippen molar-refractivity contribution >= 4 is 18.3 Å². The molecule has 4 nitrogen and oxygen atoms in total. The lowest BCUT2D eigenvalue weighted by atomic mass is 9.89. The largest absolute Gasteiger partial charge is 0.348 e. The number of nitrogens with zero attached hydrogens (tertiary/aromatic N) is 3. The highest BCUT2D eigenvalue weighted by Gasteiger charge is 2.47. The highest BCUT2D eigenvalue weighted by atomic mass is 35.5. The van der Waals surface area contributed by atoms with Crippen molar-refractivity contribution in [2.24, 2.45) is 11.8 Å². The van der Waals surface area contributed by atoms with E-state index in [4.69, 9.17) is 0 Å². The highest BCUT2D eigenvalue weighted by Crippen LogP contribution is 2.44. The van der Waals surface area contributed by atoms with Crippen LogP contribution in [0.1, 0.15) is 42.7 Å². The number of amides is 1. The molecule has 0 saturated carbocycles. The smallest absolute Gasteiger partial charge is 0.255 e. The number of likely N-dealkylation sites (tertiary alicyclic amines) is 2. The first kappa shape index (κ1) is 20.9. The van der Waals surface area contributed by atoms with Gasteiger partial charge in [0.25, 0.3) is 5.91 Å². The molecule has 0 bridgehead atoms. The van der Waals surface area contributed by atoms with Gasteiger partial charge >= 0.3 is 0 Å². The van der Waals surface area contributed by atoms with Gasteiger partial charge in [-0.3, -0.25) is 9.69 Å². The van der Waals surface area contributed by atoms with Gasteiger partial charge in [0, 0.05) is 49.5 Å². The van der Waals surface area contributed by atoms with E-state index in [9.17, 15) is 9.18 Å². The lowest BCUT2D eigenvalue weighted by Crippen LogP contribution is -2.33. The Hall–Kier alpha value is -1.85. The average molecular weight is 406 g/mol. The summed E-state index contributed by atoms with van der Waals surface area (Å²) in [7, 11) is 2.10. The molecule has 0 aliphatic carbocycles. The Kier molecular flexibility index (Phi) is 5.61. The predicted molar refractivity (Wildman–Crippen MR) is 111 cm³/mol. The summed E-state index contributed by atoms with van der Waals surface area (Å²) < 4.78 is 15.8. The Labute approximate surface area is 172 Å². The van der Waals surface area contributed by atoms with Gasteiger partial charge in [0.1, 0.15) is 5.82 Å². The molecule has 2 aliphatic heterocycles. The Morgan fingerprint density at radius 3 is 2.54 bits per heavy atom. The highest BCUT2D eigenvalue weighted by molar-refractivity contribution is 5.94. The van der Waals surface area contributed by atoms with Crippen LogP contribution in [-0.2, 0) is 5.54 Å². The maximum Gasteiger partial charge on any atom is 0.255 e. The zero-order valence-electron chi connectivity index (χ0n) is 16.9. The third kappa shape index (κ3) is 3.70. The van der Waals surface area contributed by atoms with E-state index in [1.807, 2.05) is 29.4 Å². The number of benzene rings is 1. The maximum atomic E-state index is 13.7. The van der Waals surface area contributed by atoms with Crippen LogP contribution in [0.3, 0.4) is 0 Å². The van der Waals surface area contributed by atoms with Crippen molar-refractivity contribution in [2.75, 3.05) is 26.7 Å². The van der Waals surface area contributed by atoms with E-state index >= 15 is 0 Å². The fraction of sp³-hybridized carbons (Fsp3) is 0.500. The van der Waals surface area contributed by atoms with Gasteiger partial charge in [-0.2, -0.15) is 0 Å². The molecule has 2 fully saturated rings. The summed E-state index contributed by atoms with van der Waals surface area (Å²) in [6.07, 6.45) is 3.93. The monoisotopic (exact) mass is 405 g/mol. The van der Waals surface area contributed by atoms with Gasteiger partial charge in [-0.15, -0.1) is 12.4 Å². The SMILES string of the molecule is CN1C[C@H]2CN(C(=O)c3ccn(C(C)(C)C)c3)C[C@H]2[C@@H]1c1cccc(F)c1.Cl. The average Bonchev–Trinajstić information content (AvgIpc) is 3.27.